The largest absolute Gasteiger partial charge is 0.451 e. The minimum absolute atomic E-state index is 0.306. The number of para-hydroxylation sites is 1. The highest BCUT2D eigenvalue weighted by Crippen LogP contribution is 2.30. The van der Waals surface area contributed by atoms with Crippen LogP contribution < -0.4 is 5.32 Å². The lowest BCUT2D eigenvalue weighted by molar-refractivity contribution is 0.0998. The molecular formula is C17H13N3O2S3. The summed E-state index contributed by atoms with van der Waals surface area (Å²) in [5, 5.41) is 14.4. The Bertz CT molecular complexity index is 1020. The summed E-state index contributed by atoms with van der Waals surface area (Å²) in [4.78, 5) is 13.8. The van der Waals surface area contributed by atoms with Crippen molar-refractivity contribution in [2.75, 3.05) is 5.32 Å². The zero-order valence-corrected chi connectivity index (χ0v) is 15.6. The summed E-state index contributed by atoms with van der Waals surface area (Å²) in [7, 11) is 0. The number of amides is 1. The number of aryl methyl sites for hydroxylation is 1. The number of thiophene rings is 1. The normalized spacial score (nSPS) is 11.1. The van der Waals surface area contributed by atoms with Gasteiger partial charge in [-0.25, -0.2) is 0 Å². The molecular weight excluding hydrogens is 374 g/mol. The number of aromatic nitrogens is 2. The number of thioether (sulfide) groups is 1. The number of anilines is 1. The SMILES string of the molecule is Cc1c(C(=O)Nc2nnc(SCc3cccs3)s2)oc2ccccc12. The van der Waals surface area contributed by atoms with E-state index in [9.17, 15) is 4.79 Å². The van der Waals surface area contributed by atoms with Crippen molar-refractivity contribution < 1.29 is 9.21 Å². The van der Waals surface area contributed by atoms with E-state index in [2.05, 4.69) is 27.0 Å². The highest BCUT2D eigenvalue weighted by molar-refractivity contribution is 8.00. The summed E-state index contributed by atoms with van der Waals surface area (Å²) in [6.45, 7) is 1.88. The lowest BCUT2D eigenvalue weighted by Gasteiger charge is -1.98. The molecule has 0 bridgehead atoms. The molecule has 0 atom stereocenters. The second-order valence-electron chi connectivity index (χ2n) is 5.25. The van der Waals surface area contributed by atoms with Crippen molar-refractivity contribution in [1.29, 1.82) is 0 Å². The Hall–Kier alpha value is -2.16. The number of hydrogen-bond donors (Lipinski definition) is 1. The maximum absolute atomic E-state index is 12.5. The highest BCUT2D eigenvalue weighted by atomic mass is 32.2. The van der Waals surface area contributed by atoms with E-state index in [0.29, 0.717) is 16.5 Å². The van der Waals surface area contributed by atoms with Crippen LogP contribution in [-0.4, -0.2) is 16.1 Å². The lowest BCUT2D eigenvalue weighted by atomic mass is 10.1. The molecule has 1 aromatic carbocycles. The Morgan fingerprint density at radius 1 is 1.24 bits per heavy atom. The summed E-state index contributed by atoms with van der Waals surface area (Å²) < 4.78 is 6.50. The van der Waals surface area contributed by atoms with Crippen molar-refractivity contribution in [3.8, 4) is 0 Å². The fraction of sp³-hybridized carbons (Fsp3) is 0.118. The number of carbonyl (C=O) groups is 1. The molecule has 0 aliphatic heterocycles. The average Bonchev–Trinajstić information content (AvgIpc) is 3.34. The van der Waals surface area contributed by atoms with E-state index in [4.69, 9.17) is 4.42 Å². The zero-order valence-electron chi connectivity index (χ0n) is 13.2. The quantitative estimate of drug-likeness (QED) is 0.377. The van der Waals surface area contributed by atoms with Crippen molar-refractivity contribution in [3.05, 3.63) is 58.0 Å². The van der Waals surface area contributed by atoms with Gasteiger partial charge in [-0.05, 0) is 24.4 Å². The number of benzene rings is 1. The molecule has 0 saturated carbocycles. The topological polar surface area (TPSA) is 68.0 Å². The van der Waals surface area contributed by atoms with Crippen LogP contribution >= 0.6 is 34.4 Å². The zero-order chi connectivity index (χ0) is 17.2. The molecule has 1 N–H and O–H groups in total. The van der Waals surface area contributed by atoms with E-state index < -0.39 is 0 Å². The fourth-order valence-corrected chi connectivity index (χ4v) is 4.91. The predicted octanol–water partition coefficient (Wildman–Crippen LogP) is 5.20. The molecule has 126 valence electrons. The van der Waals surface area contributed by atoms with Crippen molar-refractivity contribution in [3.63, 3.8) is 0 Å². The third-order valence-corrected chi connectivity index (χ3v) is 6.67. The first kappa shape index (κ1) is 16.3. The monoisotopic (exact) mass is 387 g/mol. The highest BCUT2D eigenvalue weighted by Gasteiger charge is 2.19. The van der Waals surface area contributed by atoms with Gasteiger partial charge in [0.15, 0.2) is 10.1 Å². The number of nitrogens with zero attached hydrogens (tertiary/aromatic N) is 2. The van der Waals surface area contributed by atoms with Gasteiger partial charge in [-0.2, -0.15) is 0 Å². The minimum Gasteiger partial charge on any atom is -0.451 e. The van der Waals surface area contributed by atoms with Crippen LogP contribution in [0, 0.1) is 6.92 Å². The van der Waals surface area contributed by atoms with Gasteiger partial charge >= 0.3 is 0 Å². The molecule has 25 heavy (non-hydrogen) atoms. The molecule has 0 radical (unpaired) electrons. The summed E-state index contributed by atoms with van der Waals surface area (Å²) in [6.07, 6.45) is 0. The van der Waals surface area contributed by atoms with E-state index in [0.717, 1.165) is 21.0 Å². The molecule has 0 fully saturated rings. The van der Waals surface area contributed by atoms with E-state index in [1.54, 1.807) is 23.1 Å². The number of fused-ring (bicyclic) bond motifs is 1. The van der Waals surface area contributed by atoms with Gasteiger partial charge in [0.1, 0.15) is 5.58 Å². The van der Waals surface area contributed by atoms with Crippen LogP contribution in [0.5, 0.6) is 0 Å². The summed E-state index contributed by atoms with van der Waals surface area (Å²) in [6, 6.07) is 11.7. The van der Waals surface area contributed by atoms with Gasteiger partial charge in [0.05, 0.1) is 0 Å². The maximum atomic E-state index is 12.5. The molecule has 3 aromatic heterocycles. The maximum Gasteiger partial charge on any atom is 0.293 e. The summed E-state index contributed by atoms with van der Waals surface area (Å²) in [5.41, 5.74) is 1.53. The smallest absolute Gasteiger partial charge is 0.293 e. The number of carbonyl (C=O) groups excluding carboxylic acids is 1. The number of hydrogen-bond acceptors (Lipinski definition) is 7. The molecule has 5 nitrogen and oxygen atoms in total. The van der Waals surface area contributed by atoms with Gasteiger partial charge in [-0.1, -0.05) is 47.4 Å². The first-order chi connectivity index (χ1) is 12.2. The van der Waals surface area contributed by atoms with Crippen molar-refractivity contribution in [2.45, 2.75) is 17.0 Å². The molecule has 3 heterocycles. The Labute approximate surface area is 156 Å². The average molecular weight is 388 g/mol. The first-order valence-electron chi connectivity index (χ1n) is 7.49. The van der Waals surface area contributed by atoms with Gasteiger partial charge < -0.3 is 4.42 Å². The molecule has 4 aromatic rings. The number of rotatable bonds is 5. The molecule has 0 saturated heterocycles. The van der Waals surface area contributed by atoms with Gasteiger partial charge in [-0.15, -0.1) is 21.5 Å². The Morgan fingerprint density at radius 3 is 2.92 bits per heavy atom. The van der Waals surface area contributed by atoms with Crippen LogP contribution in [0.25, 0.3) is 11.0 Å². The van der Waals surface area contributed by atoms with Gasteiger partial charge in [0, 0.05) is 21.6 Å². The third-order valence-electron chi connectivity index (χ3n) is 3.59. The molecule has 1 amide bonds. The van der Waals surface area contributed by atoms with Crippen molar-refractivity contribution in [1.82, 2.24) is 10.2 Å². The minimum atomic E-state index is -0.306. The van der Waals surface area contributed by atoms with E-state index in [1.807, 2.05) is 37.3 Å². The van der Waals surface area contributed by atoms with E-state index >= 15 is 0 Å². The van der Waals surface area contributed by atoms with Crippen LogP contribution in [-0.2, 0) is 5.75 Å². The summed E-state index contributed by atoms with van der Waals surface area (Å²) in [5.74, 6) is 0.854. The second kappa shape index (κ2) is 6.99. The standard InChI is InChI=1S/C17H13N3O2S3/c1-10-12-6-2-3-7-13(12)22-14(10)15(21)18-16-19-20-17(25-16)24-9-11-5-4-8-23-11/h2-8H,9H2,1H3,(H,18,19,21). The van der Waals surface area contributed by atoms with E-state index in [1.165, 1.54) is 16.2 Å². The van der Waals surface area contributed by atoms with Crippen molar-refractivity contribution in [2.24, 2.45) is 0 Å². The molecule has 8 heteroatoms. The van der Waals surface area contributed by atoms with Crippen molar-refractivity contribution >= 4 is 56.4 Å². The summed E-state index contributed by atoms with van der Waals surface area (Å²) >= 11 is 4.69. The van der Waals surface area contributed by atoms with Crippen LogP contribution in [0.2, 0.25) is 0 Å². The van der Waals surface area contributed by atoms with Crippen LogP contribution in [0.1, 0.15) is 21.0 Å². The van der Waals surface area contributed by atoms with Crippen LogP contribution in [0.15, 0.2) is 50.5 Å². The van der Waals surface area contributed by atoms with Crippen LogP contribution in [0.4, 0.5) is 5.13 Å². The van der Waals surface area contributed by atoms with Gasteiger partial charge in [-0.3, -0.25) is 10.1 Å². The second-order valence-corrected chi connectivity index (χ2v) is 8.48. The fourth-order valence-electron chi connectivity index (χ4n) is 2.39. The lowest BCUT2D eigenvalue weighted by Crippen LogP contribution is -2.11. The van der Waals surface area contributed by atoms with Gasteiger partial charge in [0.25, 0.3) is 5.91 Å². The Morgan fingerprint density at radius 2 is 2.12 bits per heavy atom. The Balaban J connectivity index is 1.46. The third kappa shape index (κ3) is 3.46. The molecule has 0 aliphatic carbocycles. The molecule has 0 aliphatic rings. The molecule has 0 unspecified atom stereocenters. The van der Waals surface area contributed by atoms with Crippen LogP contribution in [0.3, 0.4) is 0 Å². The Kier molecular flexibility index (Phi) is 4.56. The molecule has 4 rings (SSSR count). The number of furan rings is 1. The molecule has 0 spiro atoms. The van der Waals surface area contributed by atoms with Gasteiger partial charge in [0.2, 0.25) is 5.13 Å². The first-order valence-corrected chi connectivity index (χ1v) is 10.2. The predicted molar refractivity (Wildman–Crippen MR) is 103 cm³/mol. The number of nitrogens with one attached hydrogen (secondary N) is 1. The van der Waals surface area contributed by atoms with E-state index in [-0.39, 0.29) is 5.91 Å².